The van der Waals surface area contributed by atoms with Crippen molar-refractivity contribution < 1.29 is 13.5 Å². The summed E-state index contributed by atoms with van der Waals surface area (Å²) >= 11 is 0. The lowest BCUT2D eigenvalue weighted by Crippen LogP contribution is -2.34. The molecule has 112 valence electrons. The van der Waals surface area contributed by atoms with Crippen molar-refractivity contribution in [2.75, 3.05) is 31.6 Å². The van der Waals surface area contributed by atoms with Gasteiger partial charge in [-0.05, 0) is 49.9 Å². The van der Waals surface area contributed by atoms with Crippen molar-refractivity contribution in [3.05, 3.63) is 29.3 Å². The smallest absolute Gasteiger partial charge is 0.149 e. The van der Waals surface area contributed by atoms with Gasteiger partial charge in [0.25, 0.3) is 0 Å². The zero-order valence-corrected chi connectivity index (χ0v) is 11.9. The number of rotatable bonds is 5. The molecule has 0 bridgehead atoms. The highest BCUT2D eigenvalue weighted by Gasteiger charge is 2.20. The molecule has 0 saturated carbocycles. The second kappa shape index (κ2) is 6.99. The van der Waals surface area contributed by atoms with Gasteiger partial charge in [0.1, 0.15) is 17.3 Å². The standard InChI is InChI=1S/C15H22F2N2O/c1-19(10-12-4-2-3-7-20-12)15-13(16)8-11(5-6-18)9-14(15)17/h8-9,12H,2-7,10,18H2,1H3. The van der Waals surface area contributed by atoms with Crippen LogP contribution in [0.5, 0.6) is 0 Å². The minimum atomic E-state index is -0.535. The Morgan fingerprint density at radius 3 is 2.55 bits per heavy atom. The molecule has 1 atom stereocenters. The first-order valence-electron chi connectivity index (χ1n) is 7.12. The first-order valence-corrected chi connectivity index (χ1v) is 7.12. The van der Waals surface area contributed by atoms with E-state index in [1.807, 2.05) is 0 Å². The van der Waals surface area contributed by atoms with E-state index in [1.54, 1.807) is 11.9 Å². The molecule has 5 heteroatoms. The molecule has 1 unspecified atom stereocenters. The summed E-state index contributed by atoms with van der Waals surface area (Å²) in [5.41, 5.74) is 6.02. The fraction of sp³-hybridized carbons (Fsp3) is 0.600. The molecule has 1 saturated heterocycles. The number of ether oxygens (including phenoxy) is 1. The minimum Gasteiger partial charge on any atom is -0.376 e. The number of hydrogen-bond donors (Lipinski definition) is 1. The first-order chi connectivity index (χ1) is 9.61. The maximum absolute atomic E-state index is 14.1. The van der Waals surface area contributed by atoms with Crippen molar-refractivity contribution in [3.8, 4) is 0 Å². The molecule has 0 aliphatic carbocycles. The molecule has 0 radical (unpaired) electrons. The quantitative estimate of drug-likeness (QED) is 0.902. The third-order valence-corrected chi connectivity index (χ3v) is 3.64. The average molecular weight is 284 g/mol. The Morgan fingerprint density at radius 2 is 2.00 bits per heavy atom. The molecule has 2 rings (SSSR count). The van der Waals surface area contributed by atoms with Crippen LogP contribution in [-0.4, -0.2) is 32.8 Å². The van der Waals surface area contributed by atoms with Gasteiger partial charge in [0.05, 0.1) is 6.10 Å². The van der Waals surface area contributed by atoms with E-state index >= 15 is 0 Å². The van der Waals surface area contributed by atoms with E-state index in [-0.39, 0.29) is 11.8 Å². The number of nitrogens with zero attached hydrogens (tertiary/aromatic N) is 1. The van der Waals surface area contributed by atoms with Crippen molar-refractivity contribution >= 4 is 5.69 Å². The van der Waals surface area contributed by atoms with Crippen LogP contribution < -0.4 is 10.6 Å². The van der Waals surface area contributed by atoms with Crippen LogP contribution in [0.1, 0.15) is 24.8 Å². The molecule has 3 nitrogen and oxygen atoms in total. The van der Waals surface area contributed by atoms with Crippen molar-refractivity contribution in [2.24, 2.45) is 5.73 Å². The Hall–Kier alpha value is -1.20. The van der Waals surface area contributed by atoms with E-state index in [0.29, 0.717) is 25.1 Å². The Morgan fingerprint density at radius 1 is 1.30 bits per heavy atom. The van der Waals surface area contributed by atoms with Crippen LogP contribution >= 0.6 is 0 Å². The fourth-order valence-corrected chi connectivity index (χ4v) is 2.64. The molecule has 1 aromatic carbocycles. The summed E-state index contributed by atoms with van der Waals surface area (Å²) in [5, 5.41) is 0. The normalized spacial score (nSPS) is 19.1. The summed E-state index contributed by atoms with van der Waals surface area (Å²) < 4.78 is 33.8. The number of halogens is 2. The maximum Gasteiger partial charge on any atom is 0.149 e. The molecule has 2 N–H and O–H groups in total. The van der Waals surface area contributed by atoms with E-state index in [2.05, 4.69) is 0 Å². The highest BCUT2D eigenvalue weighted by atomic mass is 19.1. The first kappa shape index (κ1) is 15.2. The molecular weight excluding hydrogens is 262 g/mol. The van der Waals surface area contributed by atoms with E-state index < -0.39 is 11.6 Å². The Kier molecular flexibility index (Phi) is 5.31. The van der Waals surface area contributed by atoms with Gasteiger partial charge < -0.3 is 15.4 Å². The lowest BCUT2D eigenvalue weighted by atomic mass is 10.1. The Balaban J connectivity index is 2.10. The molecule has 1 aliphatic rings. The summed E-state index contributed by atoms with van der Waals surface area (Å²) in [6.45, 7) is 1.62. The van der Waals surface area contributed by atoms with Gasteiger partial charge in [0, 0.05) is 20.2 Å². The highest BCUT2D eigenvalue weighted by Crippen LogP contribution is 2.25. The summed E-state index contributed by atoms with van der Waals surface area (Å²) in [4.78, 5) is 1.60. The van der Waals surface area contributed by atoms with Crippen LogP contribution in [0.4, 0.5) is 14.5 Å². The maximum atomic E-state index is 14.1. The van der Waals surface area contributed by atoms with Crippen molar-refractivity contribution in [1.82, 2.24) is 0 Å². The van der Waals surface area contributed by atoms with Gasteiger partial charge in [-0.15, -0.1) is 0 Å². The van der Waals surface area contributed by atoms with Crippen LogP contribution in [0.3, 0.4) is 0 Å². The van der Waals surface area contributed by atoms with Crippen LogP contribution in [-0.2, 0) is 11.2 Å². The molecular formula is C15H22F2N2O. The summed E-state index contributed by atoms with van der Waals surface area (Å²) in [6.07, 6.45) is 3.65. The summed E-state index contributed by atoms with van der Waals surface area (Å²) in [5.74, 6) is -1.07. The molecule has 0 amide bonds. The number of nitrogens with two attached hydrogens (primary N) is 1. The fourth-order valence-electron chi connectivity index (χ4n) is 2.64. The van der Waals surface area contributed by atoms with Gasteiger partial charge in [-0.25, -0.2) is 8.78 Å². The average Bonchev–Trinajstić information content (AvgIpc) is 2.39. The molecule has 20 heavy (non-hydrogen) atoms. The van der Waals surface area contributed by atoms with Crippen LogP contribution in [0.2, 0.25) is 0 Å². The largest absolute Gasteiger partial charge is 0.376 e. The van der Waals surface area contributed by atoms with E-state index in [9.17, 15) is 8.78 Å². The van der Waals surface area contributed by atoms with Gasteiger partial charge in [0.15, 0.2) is 0 Å². The van der Waals surface area contributed by atoms with Gasteiger partial charge in [-0.2, -0.15) is 0 Å². The van der Waals surface area contributed by atoms with Gasteiger partial charge >= 0.3 is 0 Å². The third-order valence-electron chi connectivity index (χ3n) is 3.64. The molecule has 1 aliphatic heterocycles. The topological polar surface area (TPSA) is 38.5 Å². The highest BCUT2D eigenvalue weighted by molar-refractivity contribution is 5.50. The van der Waals surface area contributed by atoms with Crippen molar-refractivity contribution in [2.45, 2.75) is 31.8 Å². The molecule has 1 heterocycles. The summed E-state index contributed by atoms with van der Waals surface area (Å²) in [6, 6.07) is 2.73. The molecule has 0 spiro atoms. The molecule has 1 fully saturated rings. The Labute approximate surface area is 118 Å². The molecule has 0 aromatic heterocycles. The van der Waals surface area contributed by atoms with E-state index in [1.165, 1.54) is 12.1 Å². The van der Waals surface area contributed by atoms with Crippen LogP contribution in [0.15, 0.2) is 12.1 Å². The monoisotopic (exact) mass is 284 g/mol. The Bertz CT molecular complexity index is 424. The van der Waals surface area contributed by atoms with Crippen molar-refractivity contribution in [3.63, 3.8) is 0 Å². The number of anilines is 1. The minimum absolute atomic E-state index is 0.0138. The lowest BCUT2D eigenvalue weighted by Gasteiger charge is -2.29. The third kappa shape index (κ3) is 3.67. The van der Waals surface area contributed by atoms with Gasteiger partial charge in [0.2, 0.25) is 0 Å². The van der Waals surface area contributed by atoms with E-state index in [0.717, 1.165) is 25.9 Å². The van der Waals surface area contributed by atoms with Crippen molar-refractivity contribution in [1.29, 1.82) is 0 Å². The van der Waals surface area contributed by atoms with E-state index in [4.69, 9.17) is 10.5 Å². The second-order valence-corrected chi connectivity index (χ2v) is 5.32. The van der Waals surface area contributed by atoms with Crippen LogP contribution in [0, 0.1) is 11.6 Å². The zero-order chi connectivity index (χ0) is 14.5. The second-order valence-electron chi connectivity index (χ2n) is 5.32. The molecule has 1 aromatic rings. The van der Waals surface area contributed by atoms with Gasteiger partial charge in [-0.1, -0.05) is 0 Å². The number of likely N-dealkylation sites (N-methyl/N-ethyl adjacent to an activating group) is 1. The zero-order valence-electron chi connectivity index (χ0n) is 11.9. The van der Waals surface area contributed by atoms with Crippen LogP contribution in [0.25, 0.3) is 0 Å². The lowest BCUT2D eigenvalue weighted by molar-refractivity contribution is 0.0215. The predicted octanol–water partition coefficient (Wildman–Crippen LogP) is 2.47. The van der Waals surface area contributed by atoms with Gasteiger partial charge in [-0.3, -0.25) is 0 Å². The predicted molar refractivity (Wildman–Crippen MR) is 76.0 cm³/mol. The number of hydrogen-bond acceptors (Lipinski definition) is 3. The summed E-state index contributed by atoms with van der Waals surface area (Å²) in [7, 11) is 1.70. The SMILES string of the molecule is CN(CC1CCCCO1)c1c(F)cc(CCN)cc1F. The number of benzene rings is 1.